The Balaban J connectivity index is 1.47. The van der Waals surface area contributed by atoms with E-state index in [1.165, 1.54) is 0 Å². The maximum atomic E-state index is 12.5. The van der Waals surface area contributed by atoms with E-state index in [2.05, 4.69) is 0 Å². The minimum atomic E-state index is -0.414. The number of carbonyl (C=O) groups excluding carboxylic acids is 3. The number of nitrogens with zero attached hydrogens (tertiary/aromatic N) is 2. The molecule has 2 aliphatic rings. The average molecular weight is 371 g/mol. The number of hydrogen-bond donors (Lipinski definition) is 1. The van der Waals surface area contributed by atoms with Gasteiger partial charge in [-0.3, -0.25) is 14.4 Å². The molecule has 6 nitrogen and oxygen atoms in total. The highest BCUT2D eigenvalue weighted by molar-refractivity contribution is 5.92. The Bertz CT molecular complexity index is 704. The lowest BCUT2D eigenvalue weighted by molar-refractivity contribution is -0.133. The number of likely N-dealkylation sites (tertiary alicyclic amines) is 2. The third kappa shape index (κ3) is 5.31. The summed E-state index contributed by atoms with van der Waals surface area (Å²) in [7, 11) is 0. The molecule has 0 saturated carbocycles. The van der Waals surface area contributed by atoms with Gasteiger partial charge in [0.2, 0.25) is 17.7 Å². The molecule has 2 heterocycles. The van der Waals surface area contributed by atoms with Crippen molar-refractivity contribution in [3.05, 3.63) is 35.4 Å². The van der Waals surface area contributed by atoms with Crippen LogP contribution in [0.3, 0.4) is 0 Å². The summed E-state index contributed by atoms with van der Waals surface area (Å²) in [6.45, 7) is 2.84. The SMILES string of the molecule is NC(=O)c1cccc(C[C@@H]2CCN(C(=O)CCN3CCCCCC3=O)C2)c1. The van der Waals surface area contributed by atoms with E-state index in [-0.39, 0.29) is 11.8 Å². The number of amides is 3. The molecule has 0 bridgehead atoms. The molecule has 146 valence electrons. The molecule has 2 aliphatic heterocycles. The van der Waals surface area contributed by atoms with E-state index in [1.807, 2.05) is 28.0 Å². The van der Waals surface area contributed by atoms with Crippen LogP contribution in [0.1, 0.15) is 54.4 Å². The van der Waals surface area contributed by atoms with Gasteiger partial charge in [-0.1, -0.05) is 18.6 Å². The largest absolute Gasteiger partial charge is 0.366 e. The molecule has 0 aromatic heterocycles. The van der Waals surface area contributed by atoms with Crippen molar-refractivity contribution < 1.29 is 14.4 Å². The Morgan fingerprint density at radius 1 is 1.15 bits per heavy atom. The topological polar surface area (TPSA) is 83.7 Å². The summed E-state index contributed by atoms with van der Waals surface area (Å²) in [6, 6.07) is 7.42. The second-order valence-corrected chi connectivity index (χ2v) is 7.70. The van der Waals surface area contributed by atoms with Crippen molar-refractivity contribution in [2.75, 3.05) is 26.2 Å². The predicted molar refractivity (Wildman–Crippen MR) is 103 cm³/mol. The summed E-state index contributed by atoms with van der Waals surface area (Å²) in [4.78, 5) is 39.7. The minimum Gasteiger partial charge on any atom is -0.366 e. The Labute approximate surface area is 160 Å². The standard InChI is InChI=1S/C21H29N3O3/c22-21(27)18-6-4-5-16(14-18)13-17-8-11-24(15-17)20(26)9-12-23-10-3-1-2-7-19(23)25/h4-6,14,17H,1-3,7-13,15H2,(H2,22,27)/t17-/m0/s1. The predicted octanol–water partition coefficient (Wildman–Crippen LogP) is 1.97. The zero-order chi connectivity index (χ0) is 19.2. The third-order valence-corrected chi connectivity index (χ3v) is 5.64. The average Bonchev–Trinajstić information content (AvgIpc) is 3.02. The van der Waals surface area contributed by atoms with Gasteiger partial charge in [-0.25, -0.2) is 0 Å². The lowest BCUT2D eigenvalue weighted by Gasteiger charge is -2.22. The van der Waals surface area contributed by atoms with Crippen LogP contribution in [-0.2, 0) is 16.0 Å². The molecule has 1 aromatic carbocycles. The Morgan fingerprint density at radius 2 is 2.00 bits per heavy atom. The molecule has 1 aromatic rings. The summed E-state index contributed by atoms with van der Waals surface area (Å²) in [5.74, 6) is 0.314. The van der Waals surface area contributed by atoms with Crippen LogP contribution in [0.25, 0.3) is 0 Å². The Hall–Kier alpha value is -2.37. The fourth-order valence-corrected chi connectivity index (χ4v) is 4.07. The molecule has 0 aliphatic carbocycles. The van der Waals surface area contributed by atoms with Crippen LogP contribution < -0.4 is 5.73 Å². The van der Waals surface area contributed by atoms with Gasteiger partial charge in [-0.15, -0.1) is 0 Å². The van der Waals surface area contributed by atoms with E-state index in [1.54, 1.807) is 6.07 Å². The van der Waals surface area contributed by atoms with Crippen LogP contribution in [0.4, 0.5) is 0 Å². The smallest absolute Gasteiger partial charge is 0.248 e. The first-order valence-electron chi connectivity index (χ1n) is 9.97. The molecular weight excluding hydrogens is 342 g/mol. The van der Waals surface area contributed by atoms with Crippen LogP contribution in [-0.4, -0.2) is 53.7 Å². The molecular formula is C21H29N3O3. The summed E-state index contributed by atoms with van der Waals surface area (Å²) in [5, 5.41) is 0. The molecule has 2 saturated heterocycles. The van der Waals surface area contributed by atoms with E-state index in [0.717, 1.165) is 57.3 Å². The first-order valence-corrected chi connectivity index (χ1v) is 9.97. The van der Waals surface area contributed by atoms with E-state index in [9.17, 15) is 14.4 Å². The van der Waals surface area contributed by atoms with Gasteiger partial charge in [0.1, 0.15) is 0 Å². The maximum absolute atomic E-state index is 12.5. The first-order chi connectivity index (χ1) is 13.0. The van der Waals surface area contributed by atoms with E-state index in [0.29, 0.717) is 30.9 Å². The highest BCUT2D eigenvalue weighted by Crippen LogP contribution is 2.22. The van der Waals surface area contributed by atoms with Gasteiger partial charge in [-0.05, 0) is 49.3 Å². The normalized spacial score (nSPS) is 20.6. The van der Waals surface area contributed by atoms with E-state index >= 15 is 0 Å². The van der Waals surface area contributed by atoms with Crippen molar-refractivity contribution in [1.29, 1.82) is 0 Å². The van der Waals surface area contributed by atoms with Gasteiger partial charge < -0.3 is 15.5 Å². The number of carbonyl (C=O) groups is 3. The number of rotatable bonds is 6. The molecule has 3 rings (SSSR count). The van der Waals surface area contributed by atoms with Crippen LogP contribution >= 0.6 is 0 Å². The molecule has 2 fully saturated rings. The Morgan fingerprint density at radius 3 is 2.81 bits per heavy atom. The minimum absolute atomic E-state index is 0.139. The van der Waals surface area contributed by atoms with Crippen molar-refractivity contribution in [3.8, 4) is 0 Å². The second-order valence-electron chi connectivity index (χ2n) is 7.70. The van der Waals surface area contributed by atoms with Gasteiger partial charge in [0.25, 0.3) is 0 Å². The van der Waals surface area contributed by atoms with Gasteiger partial charge >= 0.3 is 0 Å². The zero-order valence-corrected chi connectivity index (χ0v) is 15.9. The zero-order valence-electron chi connectivity index (χ0n) is 15.9. The first kappa shape index (κ1) is 19.4. The molecule has 2 N–H and O–H groups in total. The van der Waals surface area contributed by atoms with E-state index < -0.39 is 5.91 Å². The molecule has 27 heavy (non-hydrogen) atoms. The van der Waals surface area contributed by atoms with Gasteiger partial charge in [0, 0.05) is 44.6 Å². The molecule has 3 amide bonds. The number of benzene rings is 1. The monoisotopic (exact) mass is 371 g/mol. The van der Waals surface area contributed by atoms with Crippen molar-refractivity contribution in [2.24, 2.45) is 11.7 Å². The molecule has 0 radical (unpaired) electrons. The van der Waals surface area contributed by atoms with Crippen molar-refractivity contribution in [3.63, 3.8) is 0 Å². The summed E-state index contributed by atoms with van der Waals surface area (Å²) >= 11 is 0. The van der Waals surface area contributed by atoms with Crippen molar-refractivity contribution >= 4 is 17.7 Å². The number of primary amides is 1. The molecule has 6 heteroatoms. The lowest BCUT2D eigenvalue weighted by atomic mass is 9.97. The highest BCUT2D eigenvalue weighted by Gasteiger charge is 2.27. The highest BCUT2D eigenvalue weighted by atomic mass is 16.2. The third-order valence-electron chi connectivity index (χ3n) is 5.64. The van der Waals surface area contributed by atoms with Gasteiger partial charge in [0.15, 0.2) is 0 Å². The van der Waals surface area contributed by atoms with Crippen molar-refractivity contribution in [2.45, 2.75) is 44.9 Å². The fraction of sp³-hybridized carbons (Fsp3) is 0.571. The van der Waals surface area contributed by atoms with Crippen molar-refractivity contribution in [1.82, 2.24) is 9.80 Å². The summed E-state index contributed by atoms with van der Waals surface area (Å²) < 4.78 is 0. The number of hydrogen-bond acceptors (Lipinski definition) is 3. The Kier molecular flexibility index (Phi) is 6.48. The fourth-order valence-electron chi connectivity index (χ4n) is 4.07. The van der Waals surface area contributed by atoms with Gasteiger partial charge in [-0.2, -0.15) is 0 Å². The number of nitrogens with two attached hydrogens (primary N) is 1. The quantitative estimate of drug-likeness (QED) is 0.830. The van der Waals surface area contributed by atoms with Gasteiger partial charge in [0.05, 0.1) is 0 Å². The summed E-state index contributed by atoms with van der Waals surface area (Å²) in [6.07, 6.45) is 5.94. The van der Waals surface area contributed by atoms with Crippen LogP contribution in [0.5, 0.6) is 0 Å². The molecule has 0 spiro atoms. The second kappa shape index (κ2) is 9.02. The van der Waals surface area contributed by atoms with Crippen LogP contribution in [0.15, 0.2) is 24.3 Å². The van der Waals surface area contributed by atoms with Crippen LogP contribution in [0.2, 0.25) is 0 Å². The molecule has 1 atom stereocenters. The lowest BCUT2D eigenvalue weighted by Crippen LogP contribution is -2.36. The van der Waals surface area contributed by atoms with Crippen LogP contribution in [0, 0.1) is 5.92 Å². The molecule has 0 unspecified atom stereocenters. The van der Waals surface area contributed by atoms with E-state index in [4.69, 9.17) is 5.73 Å². The summed E-state index contributed by atoms with van der Waals surface area (Å²) in [5.41, 5.74) is 6.96. The maximum Gasteiger partial charge on any atom is 0.248 e.